The molecule has 3 heteroatoms. The second-order valence-corrected chi connectivity index (χ2v) is 1.67. The fraction of sp³-hybridized carbons (Fsp3) is 0.500. The average molecular weight is 130 g/mol. The molecule has 1 unspecified atom stereocenters. The van der Waals surface area contributed by atoms with Gasteiger partial charge in [-0.25, -0.2) is 0 Å². The largest absolute Gasteiger partial charge is 0.364 e. The smallest absolute Gasteiger partial charge is 0.183 e. The van der Waals surface area contributed by atoms with Gasteiger partial charge in [-0.3, -0.25) is 4.79 Å². The molecule has 9 heavy (non-hydrogen) atoms. The van der Waals surface area contributed by atoms with Crippen LogP contribution in [-0.4, -0.2) is 24.3 Å². The van der Waals surface area contributed by atoms with Crippen LogP contribution in [0.3, 0.4) is 0 Å². The van der Waals surface area contributed by atoms with Gasteiger partial charge in [0.25, 0.3) is 0 Å². The molecule has 1 atom stereocenters. The van der Waals surface area contributed by atoms with Crippen molar-refractivity contribution < 1.29 is 14.6 Å². The normalized spacial score (nSPS) is 12.8. The van der Waals surface area contributed by atoms with Gasteiger partial charge in [0.05, 0.1) is 0 Å². The molecule has 52 valence electrons. The Hall–Kier alpha value is -0.670. The van der Waals surface area contributed by atoms with Gasteiger partial charge in [-0.05, 0) is 6.92 Å². The minimum Gasteiger partial charge on any atom is -0.364 e. The van der Waals surface area contributed by atoms with Crippen molar-refractivity contribution in [2.45, 2.75) is 13.2 Å². The van der Waals surface area contributed by atoms with E-state index in [2.05, 4.69) is 11.3 Å². The first-order valence-electron chi connectivity index (χ1n) is 2.50. The number of methoxy groups -OCH3 is 1. The molecule has 0 aromatic carbocycles. The molecule has 0 aromatic rings. The van der Waals surface area contributed by atoms with E-state index in [1.54, 1.807) is 0 Å². The standard InChI is InChI=1S/C6H10O3/c1-4(5(2)7)6(8)9-3/h6,8H,1H2,2-3H3. The second kappa shape index (κ2) is 3.37. The summed E-state index contributed by atoms with van der Waals surface area (Å²) >= 11 is 0. The summed E-state index contributed by atoms with van der Waals surface area (Å²) in [4.78, 5) is 10.4. The van der Waals surface area contributed by atoms with Gasteiger partial charge < -0.3 is 9.84 Å². The highest BCUT2D eigenvalue weighted by molar-refractivity contribution is 5.93. The van der Waals surface area contributed by atoms with Crippen molar-refractivity contribution in [1.29, 1.82) is 0 Å². The number of hydrogen-bond acceptors (Lipinski definition) is 3. The van der Waals surface area contributed by atoms with E-state index in [4.69, 9.17) is 5.11 Å². The summed E-state index contributed by atoms with van der Waals surface area (Å²) in [5.74, 6) is -0.260. The van der Waals surface area contributed by atoms with Gasteiger partial charge >= 0.3 is 0 Å². The van der Waals surface area contributed by atoms with E-state index in [0.717, 1.165) is 0 Å². The fourth-order valence-corrected chi connectivity index (χ4v) is 0.316. The second-order valence-electron chi connectivity index (χ2n) is 1.67. The van der Waals surface area contributed by atoms with Gasteiger partial charge in [-0.15, -0.1) is 0 Å². The predicted octanol–water partition coefficient (Wildman–Crippen LogP) is 0.0964. The number of carbonyl (C=O) groups excluding carboxylic acids is 1. The highest BCUT2D eigenvalue weighted by atomic mass is 16.6. The van der Waals surface area contributed by atoms with E-state index in [1.807, 2.05) is 0 Å². The lowest BCUT2D eigenvalue weighted by molar-refractivity contribution is -0.118. The van der Waals surface area contributed by atoms with Gasteiger partial charge in [0, 0.05) is 12.7 Å². The lowest BCUT2D eigenvalue weighted by Gasteiger charge is -2.06. The molecule has 0 spiro atoms. The first-order chi connectivity index (χ1) is 4.09. The van der Waals surface area contributed by atoms with Crippen LogP contribution in [0, 0.1) is 0 Å². The third-order valence-electron chi connectivity index (χ3n) is 0.974. The molecule has 0 saturated carbocycles. The van der Waals surface area contributed by atoms with E-state index in [-0.39, 0.29) is 11.4 Å². The zero-order valence-corrected chi connectivity index (χ0v) is 5.55. The number of aliphatic hydroxyl groups is 1. The number of rotatable bonds is 3. The summed E-state index contributed by atoms with van der Waals surface area (Å²) in [6.07, 6.45) is -1.15. The number of Topliss-reactive ketones (excluding diaryl/α,β-unsaturated/α-hetero) is 1. The molecule has 0 aliphatic carbocycles. The summed E-state index contributed by atoms with van der Waals surface area (Å²) < 4.78 is 4.41. The van der Waals surface area contributed by atoms with Gasteiger partial charge in [0.15, 0.2) is 12.1 Å². The van der Waals surface area contributed by atoms with Crippen LogP contribution in [0.25, 0.3) is 0 Å². The molecule has 0 amide bonds. The summed E-state index contributed by atoms with van der Waals surface area (Å²) in [5.41, 5.74) is 0.0810. The Bertz CT molecular complexity index is 128. The van der Waals surface area contributed by atoms with E-state index < -0.39 is 6.29 Å². The molecule has 0 aromatic heterocycles. The molecule has 1 N–H and O–H groups in total. The van der Waals surface area contributed by atoms with Crippen LogP contribution in [0.2, 0.25) is 0 Å². The highest BCUT2D eigenvalue weighted by Crippen LogP contribution is 1.99. The lowest BCUT2D eigenvalue weighted by Crippen LogP contribution is -2.16. The van der Waals surface area contributed by atoms with Crippen molar-refractivity contribution >= 4 is 5.78 Å². The van der Waals surface area contributed by atoms with Crippen LogP contribution in [0.5, 0.6) is 0 Å². The topological polar surface area (TPSA) is 46.5 Å². The number of hydrogen-bond donors (Lipinski definition) is 1. The van der Waals surface area contributed by atoms with Gasteiger partial charge in [0.1, 0.15) is 0 Å². The molecule has 0 aliphatic heterocycles. The Morgan fingerprint density at radius 3 is 2.33 bits per heavy atom. The molecule has 0 rings (SSSR count). The maximum Gasteiger partial charge on any atom is 0.183 e. The Morgan fingerprint density at radius 1 is 1.78 bits per heavy atom. The average Bonchev–Trinajstić information content (AvgIpc) is 1.84. The molecular formula is C6H10O3. The number of ketones is 1. The Morgan fingerprint density at radius 2 is 2.22 bits per heavy atom. The quantitative estimate of drug-likeness (QED) is 0.435. The van der Waals surface area contributed by atoms with Crippen LogP contribution in [0.4, 0.5) is 0 Å². The van der Waals surface area contributed by atoms with Crippen LogP contribution >= 0.6 is 0 Å². The molecule has 0 bridgehead atoms. The first kappa shape index (κ1) is 8.33. The third kappa shape index (κ3) is 2.39. The maximum atomic E-state index is 10.4. The van der Waals surface area contributed by atoms with Crippen molar-refractivity contribution in [2.24, 2.45) is 0 Å². The number of carbonyl (C=O) groups is 1. The highest BCUT2D eigenvalue weighted by Gasteiger charge is 2.09. The predicted molar refractivity (Wildman–Crippen MR) is 32.8 cm³/mol. The van der Waals surface area contributed by atoms with Crippen LogP contribution in [0.15, 0.2) is 12.2 Å². The zero-order chi connectivity index (χ0) is 7.44. The molecule has 3 nitrogen and oxygen atoms in total. The van der Waals surface area contributed by atoms with Crippen LogP contribution in [0.1, 0.15) is 6.92 Å². The minimum atomic E-state index is -1.15. The zero-order valence-electron chi connectivity index (χ0n) is 5.55. The van der Waals surface area contributed by atoms with Crippen molar-refractivity contribution in [3.63, 3.8) is 0 Å². The number of ether oxygens (including phenoxy) is 1. The molecular weight excluding hydrogens is 120 g/mol. The van der Waals surface area contributed by atoms with Crippen molar-refractivity contribution in [3.8, 4) is 0 Å². The molecule has 0 heterocycles. The SMILES string of the molecule is C=C(C(C)=O)C(O)OC. The van der Waals surface area contributed by atoms with Crippen LogP contribution < -0.4 is 0 Å². The van der Waals surface area contributed by atoms with Gasteiger partial charge in [-0.1, -0.05) is 6.58 Å². The molecule has 0 fully saturated rings. The van der Waals surface area contributed by atoms with E-state index >= 15 is 0 Å². The Balaban J connectivity index is 3.88. The summed E-state index contributed by atoms with van der Waals surface area (Å²) in [6, 6.07) is 0. The Kier molecular flexibility index (Phi) is 3.12. The minimum absolute atomic E-state index is 0.0810. The monoisotopic (exact) mass is 130 g/mol. The van der Waals surface area contributed by atoms with Gasteiger partial charge in [-0.2, -0.15) is 0 Å². The van der Waals surface area contributed by atoms with Crippen molar-refractivity contribution in [2.75, 3.05) is 7.11 Å². The number of aliphatic hydroxyl groups excluding tert-OH is 1. The van der Waals surface area contributed by atoms with Crippen molar-refractivity contribution in [1.82, 2.24) is 0 Å². The lowest BCUT2D eigenvalue weighted by atomic mass is 10.2. The summed E-state index contributed by atoms with van der Waals surface area (Å²) in [7, 11) is 1.30. The molecule has 0 saturated heterocycles. The maximum absolute atomic E-state index is 10.4. The third-order valence-corrected chi connectivity index (χ3v) is 0.974. The molecule has 0 radical (unpaired) electrons. The fourth-order valence-electron chi connectivity index (χ4n) is 0.316. The molecule has 0 aliphatic rings. The first-order valence-corrected chi connectivity index (χ1v) is 2.50. The van der Waals surface area contributed by atoms with Gasteiger partial charge in [0.2, 0.25) is 0 Å². The van der Waals surface area contributed by atoms with E-state index in [1.165, 1.54) is 14.0 Å². The van der Waals surface area contributed by atoms with E-state index in [9.17, 15) is 4.79 Å². The van der Waals surface area contributed by atoms with Crippen molar-refractivity contribution in [3.05, 3.63) is 12.2 Å². The summed E-state index contributed by atoms with van der Waals surface area (Å²) in [6.45, 7) is 4.62. The Labute approximate surface area is 53.9 Å². The summed E-state index contributed by atoms with van der Waals surface area (Å²) in [5, 5.41) is 8.75. The van der Waals surface area contributed by atoms with Crippen LogP contribution in [-0.2, 0) is 9.53 Å². The van der Waals surface area contributed by atoms with E-state index in [0.29, 0.717) is 0 Å².